The summed E-state index contributed by atoms with van der Waals surface area (Å²) < 4.78 is 13.7. The van der Waals surface area contributed by atoms with Crippen LogP contribution in [0.25, 0.3) is 0 Å². The average molecular weight is 293 g/mol. The first kappa shape index (κ1) is 14.2. The van der Waals surface area contributed by atoms with Gasteiger partial charge in [0.05, 0.1) is 0 Å². The standard InChI is InChI=1S/C12H12FN5OS/c13-9-2-1-7(11(19)18-15)5-8(9)6-20-12-10(14)16-3-4-17-12/h1-5H,6,15H2,(H2,14,16)(H,18,19). The third-order valence-electron chi connectivity index (χ3n) is 2.49. The summed E-state index contributed by atoms with van der Waals surface area (Å²) in [6.07, 6.45) is 2.99. The quantitative estimate of drug-likeness (QED) is 0.337. The lowest BCUT2D eigenvalue weighted by Gasteiger charge is -2.06. The zero-order chi connectivity index (χ0) is 14.5. The van der Waals surface area contributed by atoms with Gasteiger partial charge < -0.3 is 5.73 Å². The van der Waals surface area contributed by atoms with Crippen LogP contribution in [-0.4, -0.2) is 15.9 Å². The Morgan fingerprint density at radius 3 is 2.80 bits per heavy atom. The molecule has 0 atom stereocenters. The van der Waals surface area contributed by atoms with E-state index in [-0.39, 0.29) is 17.1 Å². The molecule has 0 aliphatic carbocycles. The van der Waals surface area contributed by atoms with Crippen LogP contribution in [0, 0.1) is 5.82 Å². The minimum Gasteiger partial charge on any atom is -0.381 e. The van der Waals surface area contributed by atoms with E-state index in [2.05, 4.69) is 9.97 Å². The van der Waals surface area contributed by atoms with E-state index >= 15 is 0 Å². The fraction of sp³-hybridized carbons (Fsp3) is 0.0833. The van der Waals surface area contributed by atoms with Crippen LogP contribution < -0.4 is 17.0 Å². The number of hydrazine groups is 1. The summed E-state index contributed by atoms with van der Waals surface area (Å²) in [5.74, 6) is 4.72. The van der Waals surface area contributed by atoms with E-state index < -0.39 is 11.7 Å². The molecular weight excluding hydrogens is 281 g/mol. The number of aromatic nitrogens is 2. The Morgan fingerprint density at radius 1 is 1.35 bits per heavy atom. The maximum absolute atomic E-state index is 13.7. The van der Waals surface area contributed by atoms with Crippen molar-refractivity contribution in [1.29, 1.82) is 0 Å². The topological polar surface area (TPSA) is 107 Å². The number of benzene rings is 1. The van der Waals surface area contributed by atoms with Gasteiger partial charge in [0.15, 0.2) is 5.82 Å². The minimum absolute atomic E-state index is 0.278. The van der Waals surface area contributed by atoms with Crippen molar-refractivity contribution in [3.05, 3.63) is 47.5 Å². The van der Waals surface area contributed by atoms with Crippen LogP contribution in [0.3, 0.4) is 0 Å². The molecule has 1 heterocycles. The second kappa shape index (κ2) is 6.31. The molecule has 1 amide bonds. The van der Waals surface area contributed by atoms with E-state index in [0.717, 1.165) is 0 Å². The van der Waals surface area contributed by atoms with Gasteiger partial charge in [0.1, 0.15) is 10.8 Å². The highest BCUT2D eigenvalue weighted by Gasteiger charge is 2.10. The third-order valence-corrected chi connectivity index (χ3v) is 3.54. The predicted molar refractivity (Wildman–Crippen MR) is 74.1 cm³/mol. The Balaban J connectivity index is 2.17. The highest BCUT2D eigenvalue weighted by Crippen LogP contribution is 2.25. The molecule has 1 aromatic carbocycles. The number of rotatable bonds is 4. The van der Waals surface area contributed by atoms with Gasteiger partial charge >= 0.3 is 0 Å². The number of halogens is 1. The largest absolute Gasteiger partial charge is 0.381 e. The van der Waals surface area contributed by atoms with Crippen LogP contribution in [0.1, 0.15) is 15.9 Å². The summed E-state index contributed by atoms with van der Waals surface area (Å²) >= 11 is 1.24. The van der Waals surface area contributed by atoms with Crippen molar-refractivity contribution in [1.82, 2.24) is 15.4 Å². The second-order valence-corrected chi connectivity index (χ2v) is 4.78. The highest BCUT2D eigenvalue weighted by atomic mass is 32.2. The van der Waals surface area contributed by atoms with Crippen LogP contribution in [0.5, 0.6) is 0 Å². The Labute approximate surface area is 118 Å². The number of anilines is 1. The number of carbonyl (C=O) groups excluding carboxylic acids is 1. The number of nitrogen functional groups attached to an aromatic ring is 2. The van der Waals surface area contributed by atoms with Crippen molar-refractivity contribution < 1.29 is 9.18 Å². The fourth-order valence-electron chi connectivity index (χ4n) is 1.50. The predicted octanol–water partition coefficient (Wildman–Crippen LogP) is 1.09. The van der Waals surface area contributed by atoms with Crippen molar-refractivity contribution in [2.45, 2.75) is 10.8 Å². The Kier molecular flexibility index (Phi) is 4.49. The maximum atomic E-state index is 13.7. The molecule has 0 saturated carbocycles. The molecule has 1 aromatic heterocycles. The molecule has 104 valence electrons. The van der Waals surface area contributed by atoms with Crippen molar-refractivity contribution in [3.8, 4) is 0 Å². The molecule has 0 aliphatic rings. The van der Waals surface area contributed by atoms with E-state index in [1.165, 1.54) is 42.4 Å². The molecule has 0 saturated heterocycles. The van der Waals surface area contributed by atoms with Crippen LogP contribution in [0.2, 0.25) is 0 Å². The van der Waals surface area contributed by atoms with Crippen LogP contribution in [-0.2, 0) is 5.75 Å². The number of amides is 1. The molecule has 8 heteroatoms. The van der Waals surface area contributed by atoms with Crippen LogP contribution in [0.15, 0.2) is 35.6 Å². The fourth-order valence-corrected chi connectivity index (χ4v) is 2.35. The summed E-state index contributed by atoms with van der Waals surface area (Å²) in [7, 11) is 0. The summed E-state index contributed by atoms with van der Waals surface area (Å²) in [6.45, 7) is 0. The van der Waals surface area contributed by atoms with Crippen molar-refractivity contribution >= 4 is 23.5 Å². The lowest BCUT2D eigenvalue weighted by Crippen LogP contribution is -2.30. The summed E-state index contributed by atoms with van der Waals surface area (Å²) in [4.78, 5) is 19.3. The van der Waals surface area contributed by atoms with E-state index in [1.807, 2.05) is 5.43 Å². The number of hydrogen-bond donors (Lipinski definition) is 3. The monoisotopic (exact) mass is 293 g/mol. The van der Waals surface area contributed by atoms with Gasteiger partial charge in [-0.1, -0.05) is 11.8 Å². The van der Waals surface area contributed by atoms with Gasteiger partial charge in [0.25, 0.3) is 5.91 Å². The molecule has 5 N–H and O–H groups in total. The van der Waals surface area contributed by atoms with Crippen molar-refractivity contribution in [2.24, 2.45) is 5.84 Å². The second-order valence-electron chi connectivity index (χ2n) is 3.82. The Hall–Kier alpha value is -2.19. The molecule has 0 spiro atoms. The molecule has 0 unspecified atom stereocenters. The molecule has 6 nitrogen and oxygen atoms in total. The van der Waals surface area contributed by atoms with Gasteiger partial charge in [0, 0.05) is 23.7 Å². The number of thioether (sulfide) groups is 1. The number of nitrogens with two attached hydrogens (primary N) is 2. The number of hydrogen-bond acceptors (Lipinski definition) is 6. The lowest BCUT2D eigenvalue weighted by atomic mass is 10.1. The SMILES string of the molecule is NNC(=O)c1ccc(F)c(CSc2nccnc2N)c1. The van der Waals surface area contributed by atoms with E-state index in [0.29, 0.717) is 10.6 Å². The van der Waals surface area contributed by atoms with Crippen molar-refractivity contribution in [2.75, 3.05) is 5.73 Å². The van der Waals surface area contributed by atoms with Crippen LogP contribution in [0.4, 0.5) is 10.2 Å². The van der Waals surface area contributed by atoms with Gasteiger partial charge in [-0.25, -0.2) is 20.2 Å². The smallest absolute Gasteiger partial charge is 0.265 e. The van der Waals surface area contributed by atoms with Gasteiger partial charge in [-0.15, -0.1) is 0 Å². The first-order valence-corrected chi connectivity index (χ1v) is 6.59. The highest BCUT2D eigenvalue weighted by molar-refractivity contribution is 7.98. The summed E-state index contributed by atoms with van der Waals surface area (Å²) in [5, 5.41) is 0.514. The van der Waals surface area contributed by atoms with E-state index in [9.17, 15) is 9.18 Å². The molecule has 0 radical (unpaired) electrons. The summed E-state index contributed by atoms with van der Waals surface area (Å²) in [5.41, 5.74) is 8.30. The van der Waals surface area contributed by atoms with E-state index in [4.69, 9.17) is 11.6 Å². The third kappa shape index (κ3) is 3.22. The first-order valence-electron chi connectivity index (χ1n) is 5.60. The van der Waals surface area contributed by atoms with Gasteiger partial charge in [-0.2, -0.15) is 0 Å². The minimum atomic E-state index is -0.477. The number of nitrogens with one attached hydrogen (secondary N) is 1. The molecule has 20 heavy (non-hydrogen) atoms. The Bertz CT molecular complexity index is 637. The zero-order valence-electron chi connectivity index (χ0n) is 10.3. The first-order chi connectivity index (χ1) is 9.61. The van der Waals surface area contributed by atoms with Crippen molar-refractivity contribution in [3.63, 3.8) is 0 Å². The normalized spacial score (nSPS) is 10.3. The molecule has 0 bridgehead atoms. The molecule has 0 fully saturated rings. The number of carbonyl (C=O) groups is 1. The maximum Gasteiger partial charge on any atom is 0.265 e. The lowest BCUT2D eigenvalue weighted by molar-refractivity contribution is 0.0953. The molecule has 2 aromatic rings. The van der Waals surface area contributed by atoms with E-state index in [1.54, 1.807) is 0 Å². The van der Waals surface area contributed by atoms with Gasteiger partial charge in [-0.3, -0.25) is 10.2 Å². The summed E-state index contributed by atoms with van der Waals surface area (Å²) in [6, 6.07) is 4.03. The van der Waals surface area contributed by atoms with Gasteiger partial charge in [0.2, 0.25) is 0 Å². The Morgan fingerprint density at radius 2 is 2.10 bits per heavy atom. The van der Waals surface area contributed by atoms with Gasteiger partial charge in [-0.05, 0) is 23.8 Å². The molecule has 0 aliphatic heterocycles. The zero-order valence-corrected chi connectivity index (χ0v) is 11.2. The average Bonchev–Trinajstić information content (AvgIpc) is 2.47. The van der Waals surface area contributed by atoms with Crippen LogP contribution >= 0.6 is 11.8 Å². The number of nitrogens with zero attached hydrogens (tertiary/aromatic N) is 2. The molecule has 2 rings (SSSR count). The molecular formula is C12H12FN5OS.